The van der Waals surface area contributed by atoms with Crippen LogP contribution < -0.4 is 15.4 Å². The van der Waals surface area contributed by atoms with Crippen molar-refractivity contribution >= 4 is 34.8 Å². The fourth-order valence-corrected chi connectivity index (χ4v) is 2.13. The highest BCUT2D eigenvalue weighted by molar-refractivity contribution is 6.32. The quantitative estimate of drug-likeness (QED) is 0.806. The molecule has 0 saturated carbocycles. The number of hydrogen-bond acceptors (Lipinski definition) is 3. The summed E-state index contributed by atoms with van der Waals surface area (Å²) in [7, 11) is 1.46. The summed E-state index contributed by atoms with van der Waals surface area (Å²) in [5.74, 6) is -2.92. The normalized spacial score (nSPS) is 10.2. The number of anilines is 2. The van der Waals surface area contributed by atoms with Crippen LogP contribution in [0, 0.1) is 11.6 Å². The second-order valence-corrected chi connectivity index (χ2v) is 5.16. The van der Waals surface area contributed by atoms with Crippen molar-refractivity contribution in [1.82, 2.24) is 0 Å². The summed E-state index contributed by atoms with van der Waals surface area (Å²) in [5.41, 5.74) is 0.450. The lowest BCUT2D eigenvalue weighted by molar-refractivity contribution is -0.123. The van der Waals surface area contributed by atoms with Crippen LogP contribution in [0.15, 0.2) is 36.4 Å². The number of ether oxygens (including phenoxy) is 1. The van der Waals surface area contributed by atoms with Crippen LogP contribution >= 0.6 is 11.6 Å². The van der Waals surface area contributed by atoms with E-state index in [0.717, 1.165) is 12.1 Å². The first-order valence-electron chi connectivity index (χ1n) is 6.77. The van der Waals surface area contributed by atoms with Gasteiger partial charge < -0.3 is 15.4 Å². The number of amides is 2. The number of methoxy groups -OCH3 is 1. The number of nitrogens with one attached hydrogen (secondary N) is 2. The van der Waals surface area contributed by atoms with Gasteiger partial charge in [-0.3, -0.25) is 9.59 Å². The molecule has 0 bridgehead atoms. The predicted molar refractivity (Wildman–Crippen MR) is 86.2 cm³/mol. The summed E-state index contributed by atoms with van der Waals surface area (Å²) in [6.45, 7) is 0. The fourth-order valence-electron chi connectivity index (χ4n) is 1.87. The molecule has 0 radical (unpaired) electrons. The Labute approximate surface area is 141 Å². The van der Waals surface area contributed by atoms with E-state index in [-0.39, 0.29) is 5.69 Å². The number of rotatable bonds is 5. The van der Waals surface area contributed by atoms with Crippen molar-refractivity contribution in [2.24, 2.45) is 0 Å². The molecule has 0 unspecified atom stereocenters. The molecule has 2 aromatic carbocycles. The Kier molecular flexibility index (Phi) is 5.70. The third-order valence-corrected chi connectivity index (χ3v) is 3.26. The summed E-state index contributed by atoms with van der Waals surface area (Å²) in [4.78, 5) is 23.6. The van der Waals surface area contributed by atoms with Crippen molar-refractivity contribution in [2.45, 2.75) is 6.42 Å². The summed E-state index contributed by atoms with van der Waals surface area (Å²) in [6, 6.07) is 7.51. The minimum atomic E-state index is -1.09. The van der Waals surface area contributed by atoms with Crippen LogP contribution in [0.25, 0.3) is 0 Å². The van der Waals surface area contributed by atoms with Gasteiger partial charge in [-0.15, -0.1) is 0 Å². The molecule has 0 aliphatic rings. The molecule has 0 aromatic heterocycles. The SMILES string of the molecule is COc1ccc(NC(=O)CC(=O)Nc2ccc(F)c(F)c2)cc1Cl. The minimum absolute atomic E-state index is 0.0548. The highest BCUT2D eigenvalue weighted by Crippen LogP contribution is 2.27. The summed E-state index contributed by atoms with van der Waals surface area (Å²) in [5, 5.41) is 5.11. The van der Waals surface area contributed by atoms with Crippen LogP contribution in [0.3, 0.4) is 0 Å². The molecule has 0 fully saturated rings. The van der Waals surface area contributed by atoms with Gasteiger partial charge in [0.15, 0.2) is 11.6 Å². The average molecular weight is 355 g/mol. The van der Waals surface area contributed by atoms with E-state index in [1.54, 1.807) is 12.1 Å². The molecule has 24 heavy (non-hydrogen) atoms. The maximum atomic E-state index is 13.1. The number of carbonyl (C=O) groups is 2. The highest BCUT2D eigenvalue weighted by atomic mass is 35.5. The molecule has 0 spiro atoms. The average Bonchev–Trinajstić information content (AvgIpc) is 2.51. The largest absolute Gasteiger partial charge is 0.495 e. The Balaban J connectivity index is 1.92. The Morgan fingerprint density at radius 3 is 2.12 bits per heavy atom. The Morgan fingerprint density at radius 1 is 1.00 bits per heavy atom. The molecule has 0 atom stereocenters. The molecule has 2 amide bonds. The Bertz CT molecular complexity index is 784. The van der Waals surface area contributed by atoms with Gasteiger partial charge in [0.1, 0.15) is 12.2 Å². The van der Waals surface area contributed by atoms with E-state index >= 15 is 0 Å². The number of carbonyl (C=O) groups excluding carboxylic acids is 2. The molecule has 2 N–H and O–H groups in total. The highest BCUT2D eigenvalue weighted by Gasteiger charge is 2.12. The second kappa shape index (κ2) is 7.74. The third-order valence-electron chi connectivity index (χ3n) is 2.96. The van der Waals surface area contributed by atoms with Crippen molar-refractivity contribution < 1.29 is 23.1 Å². The molecule has 0 aliphatic heterocycles. The van der Waals surface area contributed by atoms with Crippen molar-refractivity contribution in [3.63, 3.8) is 0 Å². The maximum Gasteiger partial charge on any atom is 0.233 e. The van der Waals surface area contributed by atoms with E-state index in [9.17, 15) is 18.4 Å². The molecule has 2 rings (SSSR count). The monoisotopic (exact) mass is 354 g/mol. The molecule has 0 heterocycles. The predicted octanol–water partition coefficient (Wildman–Crippen LogP) is 3.59. The van der Waals surface area contributed by atoms with E-state index in [1.807, 2.05) is 0 Å². The summed E-state index contributed by atoms with van der Waals surface area (Å²) in [6.07, 6.45) is -0.497. The van der Waals surface area contributed by atoms with Gasteiger partial charge >= 0.3 is 0 Å². The number of benzene rings is 2. The molecule has 0 aliphatic carbocycles. The van der Waals surface area contributed by atoms with Crippen LogP contribution in [-0.2, 0) is 9.59 Å². The standard InChI is InChI=1S/C16H13ClF2N2O3/c1-24-14-5-3-9(6-11(14)17)20-15(22)8-16(23)21-10-2-4-12(18)13(19)7-10/h2-7H,8H2,1H3,(H,20,22)(H,21,23). The van der Waals surface area contributed by atoms with E-state index < -0.39 is 29.9 Å². The molecule has 126 valence electrons. The zero-order valence-corrected chi connectivity index (χ0v) is 13.3. The molecule has 2 aromatic rings. The molecule has 5 nitrogen and oxygen atoms in total. The van der Waals surface area contributed by atoms with Crippen molar-refractivity contribution in [2.75, 3.05) is 17.7 Å². The van der Waals surface area contributed by atoms with E-state index in [2.05, 4.69) is 10.6 Å². The molecular formula is C16H13ClF2N2O3. The fraction of sp³-hybridized carbons (Fsp3) is 0.125. The van der Waals surface area contributed by atoms with E-state index in [4.69, 9.17) is 16.3 Å². The van der Waals surface area contributed by atoms with Crippen LogP contribution in [0.4, 0.5) is 20.2 Å². The van der Waals surface area contributed by atoms with Gasteiger partial charge in [-0.1, -0.05) is 11.6 Å². The van der Waals surface area contributed by atoms with Crippen molar-refractivity contribution in [3.05, 3.63) is 53.1 Å². The Morgan fingerprint density at radius 2 is 1.58 bits per heavy atom. The number of halogens is 3. The zero-order chi connectivity index (χ0) is 17.7. The van der Waals surface area contributed by atoms with Crippen LogP contribution in [0.1, 0.15) is 6.42 Å². The molecular weight excluding hydrogens is 342 g/mol. The number of hydrogen-bond donors (Lipinski definition) is 2. The van der Waals surface area contributed by atoms with Gasteiger partial charge in [0.05, 0.1) is 12.1 Å². The first kappa shape index (κ1) is 17.7. The lowest BCUT2D eigenvalue weighted by Crippen LogP contribution is -2.21. The first-order valence-corrected chi connectivity index (χ1v) is 7.15. The van der Waals surface area contributed by atoms with Crippen LogP contribution in [0.5, 0.6) is 5.75 Å². The van der Waals surface area contributed by atoms with E-state index in [0.29, 0.717) is 16.5 Å². The lowest BCUT2D eigenvalue weighted by Gasteiger charge is -2.09. The second-order valence-electron chi connectivity index (χ2n) is 4.75. The van der Waals surface area contributed by atoms with Gasteiger partial charge in [0.2, 0.25) is 11.8 Å². The summed E-state index contributed by atoms with van der Waals surface area (Å²) < 4.78 is 30.8. The van der Waals surface area contributed by atoms with Crippen molar-refractivity contribution in [3.8, 4) is 5.75 Å². The van der Waals surface area contributed by atoms with Gasteiger partial charge in [-0.25, -0.2) is 8.78 Å². The molecule has 0 saturated heterocycles. The van der Waals surface area contributed by atoms with Gasteiger partial charge in [0.25, 0.3) is 0 Å². The van der Waals surface area contributed by atoms with E-state index in [1.165, 1.54) is 19.2 Å². The zero-order valence-electron chi connectivity index (χ0n) is 12.5. The minimum Gasteiger partial charge on any atom is -0.495 e. The van der Waals surface area contributed by atoms with Crippen LogP contribution in [-0.4, -0.2) is 18.9 Å². The van der Waals surface area contributed by atoms with Crippen molar-refractivity contribution in [1.29, 1.82) is 0 Å². The van der Waals surface area contributed by atoms with Gasteiger partial charge in [-0.05, 0) is 30.3 Å². The first-order chi connectivity index (χ1) is 11.4. The summed E-state index contributed by atoms with van der Waals surface area (Å²) >= 11 is 5.93. The topological polar surface area (TPSA) is 67.4 Å². The van der Waals surface area contributed by atoms with Gasteiger partial charge in [0, 0.05) is 17.4 Å². The van der Waals surface area contributed by atoms with Crippen LogP contribution in [0.2, 0.25) is 5.02 Å². The smallest absolute Gasteiger partial charge is 0.233 e. The lowest BCUT2D eigenvalue weighted by atomic mass is 10.2. The maximum absolute atomic E-state index is 13.1. The van der Waals surface area contributed by atoms with Gasteiger partial charge in [-0.2, -0.15) is 0 Å². The third kappa shape index (κ3) is 4.66. The molecule has 8 heteroatoms. The Hall–Kier alpha value is -2.67.